The van der Waals surface area contributed by atoms with Gasteiger partial charge in [0.1, 0.15) is 16.5 Å². The topological polar surface area (TPSA) is 38.1 Å². The zero-order valence-electron chi connectivity index (χ0n) is 11.6. The van der Waals surface area contributed by atoms with E-state index in [1.807, 2.05) is 6.20 Å². The molecule has 0 radical (unpaired) electrons. The highest BCUT2D eigenvalue weighted by atomic mass is 32.1. The number of furan rings is 1. The molecule has 0 aliphatic heterocycles. The maximum Gasteiger partial charge on any atom is 0.117 e. The van der Waals surface area contributed by atoms with Gasteiger partial charge in [-0.2, -0.15) is 0 Å². The highest BCUT2D eigenvalue weighted by Crippen LogP contribution is 2.47. The van der Waals surface area contributed by atoms with Gasteiger partial charge < -0.3 is 9.73 Å². The lowest BCUT2D eigenvalue weighted by atomic mass is 10.3. The van der Waals surface area contributed by atoms with Gasteiger partial charge in [0, 0.05) is 17.0 Å². The van der Waals surface area contributed by atoms with Crippen LogP contribution >= 0.6 is 11.3 Å². The molecular formula is C15H20N2OS. The van der Waals surface area contributed by atoms with Crippen LogP contribution in [0.25, 0.3) is 0 Å². The zero-order chi connectivity index (χ0) is 13.4. The Balaban J connectivity index is 1.55. The molecule has 2 aromatic heterocycles. The van der Waals surface area contributed by atoms with Crippen molar-refractivity contribution >= 4 is 11.3 Å². The molecule has 0 saturated heterocycles. The molecule has 1 fully saturated rings. The summed E-state index contributed by atoms with van der Waals surface area (Å²) >= 11 is 1.75. The lowest BCUT2D eigenvalue weighted by Gasteiger charge is -2.09. The fourth-order valence-electron chi connectivity index (χ4n) is 2.32. The zero-order valence-corrected chi connectivity index (χ0v) is 12.5. The maximum atomic E-state index is 5.89. The molecule has 1 aliphatic rings. The van der Waals surface area contributed by atoms with E-state index in [-0.39, 0.29) is 6.04 Å². The summed E-state index contributed by atoms with van der Waals surface area (Å²) in [6.07, 6.45) is 3.20. The highest BCUT2D eigenvalue weighted by Gasteiger charge is 2.36. The molecule has 3 atom stereocenters. The van der Waals surface area contributed by atoms with Crippen molar-refractivity contribution in [3.05, 3.63) is 39.7 Å². The first-order valence-electron chi connectivity index (χ1n) is 6.88. The Morgan fingerprint density at radius 3 is 2.95 bits per heavy atom. The summed E-state index contributed by atoms with van der Waals surface area (Å²) in [5, 5.41) is 4.61. The van der Waals surface area contributed by atoms with Crippen molar-refractivity contribution in [1.82, 2.24) is 10.3 Å². The SMILES string of the molecule is Cc1cnc(C(C)NCc2ccc(C3CC3C)o2)s1. The number of aromatic nitrogens is 1. The van der Waals surface area contributed by atoms with Crippen LogP contribution in [-0.2, 0) is 6.54 Å². The summed E-state index contributed by atoms with van der Waals surface area (Å²) in [6.45, 7) is 7.27. The number of hydrogen-bond acceptors (Lipinski definition) is 4. The average molecular weight is 276 g/mol. The van der Waals surface area contributed by atoms with Crippen LogP contribution in [0, 0.1) is 12.8 Å². The normalized spacial score (nSPS) is 23.5. The molecule has 2 aromatic rings. The molecule has 1 aliphatic carbocycles. The van der Waals surface area contributed by atoms with E-state index in [0.29, 0.717) is 5.92 Å². The van der Waals surface area contributed by atoms with E-state index in [1.165, 1.54) is 11.3 Å². The molecule has 2 heterocycles. The van der Waals surface area contributed by atoms with Gasteiger partial charge in [0.05, 0.1) is 12.6 Å². The predicted molar refractivity (Wildman–Crippen MR) is 77.3 cm³/mol. The third-order valence-electron chi connectivity index (χ3n) is 3.75. The lowest BCUT2D eigenvalue weighted by molar-refractivity contribution is 0.430. The fraction of sp³-hybridized carbons (Fsp3) is 0.533. The monoisotopic (exact) mass is 276 g/mol. The number of thiazole rings is 1. The van der Waals surface area contributed by atoms with E-state index in [9.17, 15) is 0 Å². The standard InChI is InChI=1S/C15H20N2OS/c1-9-6-13(9)14-5-4-12(18-14)8-16-11(3)15-17-7-10(2)19-15/h4-5,7,9,11,13,16H,6,8H2,1-3H3. The van der Waals surface area contributed by atoms with Crippen LogP contribution in [0.3, 0.4) is 0 Å². The molecule has 0 bridgehead atoms. The van der Waals surface area contributed by atoms with Gasteiger partial charge in [0.2, 0.25) is 0 Å². The largest absolute Gasteiger partial charge is 0.464 e. The Morgan fingerprint density at radius 1 is 1.53 bits per heavy atom. The van der Waals surface area contributed by atoms with Crippen LogP contribution in [0.15, 0.2) is 22.7 Å². The van der Waals surface area contributed by atoms with Crippen LogP contribution in [0.5, 0.6) is 0 Å². The minimum atomic E-state index is 0.270. The van der Waals surface area contributed by atoms with E-state index >= 15 is 0 Å². The first-order valence-corrected chi connectivity index (χ1v) is 7.69. The molecule has 1 N–H and O–H groups in total. The van der Waals surface area contributed by atoms with Crippen molar-refractivity contribution in [1.29, 1.82) is 0 Å². The molecule has 3 rings (SSSR count). The Hall–Kier alpha value is -1.13. The van der Waals surface area contributed by atoms with E-state index in [4.69, 9.17) is 4.42 Å². The molecule has 3 nitrogen and oxygen atoms in total. The minimum absolute atomic E-state index is 0.270. The number of hydrogen-bond donors (Lipinski definition) is 1. The predicted octanol–water partition coefficient (Wildman–Crippen LogP) is 4.02. The Labute approximate surface area is 118 Å². The molecule has 3 unspecified atom stereocenters. The molecule has 19 heavy (non-hydrogen) atoms. The molecule has 4 heteroatoms. The first-order chi connectivity index (χ1) is 9.13. The first kappa shape index (κ1) is 12.9. The molecule has 0 amide bonds. The van der Waals surface area contributed by atoms with Crippen molar-refractivity contribution in [2.75, 3.05) is 0 Å². The summed E-state index contributed by atoms with van der Waals surface area (Å²) in [6, 6.07) is 4.49. The Kier molecular flexibility index (Phi) is 3.46. The van der Waals surface area contributed by atoms with Crippen molar-refractivity contribution < 1.29 is 4.42 Å². The van der Waals surface area contributed by atoms with Gasteiger partial charge in [-0.05, 0) is 38.3 Å². The lowest BCUT2D eigenvalue weighted by Crippen LogP contribution is -2.17. The van der Waals surface area contributed by atoms with Crippen molar-refractivity contribution in [2.45, 2.75) is 45.7 Å². The summed E-state index contributed by atoms with van der Waals surface area (Å²) in [7, 11) is 0. The van der Waals surface area contributed by atoms with Crippen molar-refractivity contribution in [3.63, 3.8) is 0 Å². The van der Waals surface area contributed by atoms with Gasteiger partial charge in [-0.25, -0.2) is 4.98 Å². The Bertz CT molecular complexity index is 560. The molecule has 0 aromatic carbocycles. The van der Waals surface area contributed by atoms with Crippen LogP contribution in [-0.4, -0.2) is 4.98 Å². The fourth-order valence-corrected chi connectivity index (χ4v) is 3.12. The number of rotatable bonds is 5. The maximum absolute atomic E-state index is 5.89. The third kappa shape index (κ3) is 2.90. The van der Waals surface area contributed by atoms with Gasteiger partial charge in [-0.1, -0.05) is 6.92 Å². The second kappa shape index (κ2) is 5.10. The van der Waals surface area contributed by atoms with Gasteiger partial charge in [0.25, 0.3) is 0 Å². The average Bonchev–Trinajstić information content (AvgIpc) is 2.84. The van der Waals surface area contributed by atoms with Crippen LogP contribution in [0.2, 0.25) is 0 Å². The molecular weight excluding hydrogens is 256 g/mol. The third-order valence-corrected chi connectivity index (χ3v) is 4.84. The van der Waals surface area contributed by atoms with Gasteiger partial charge in [-0.15, -0.1) is 11.3 Å². The number of nitrogens with one attached hydrogen (secondary N) is 1. The van der Waals surface area contributed by atoms with Crippen molar-refractivity contribution in [3.8, 4) is 0 Å². The van der Waals surface area contributed by atoms with E-state index < -0.39 is 0 Å². The Morgan fingerprint density at radius 2 is 2.32 bits per heavy atom. The van der Waals surface area contributed by atoms with Gasteiger partial charge in [0.15, 0.2) is 0 Å². The summed E-state index contributed by atoms with van der Waals surface area (Å²) in [4.78, 5) is 5.66. The second-order valence-electron chi connectivity index (χ2n) is 5.54. The van der Waals surface area contributed by atoms with E-state index in [1.54, 1.807) is 11.3 Å². The molecule has 0 spiro atoms. The van der Waals surface area contributed by atoms with Crippen LogP contribution < -0.4 is 5.32 Å². The summed E-state index contributed by atoms with van der Waals surface area (Å²) in [5.41, 5.74) is 0. The minimum Gasteiger partial charge on any atom is -0.464 e. The number of aryl methyl sites for hydroxylation is 1. The van der Waals surface area contributed by atoms with E-state index in [2.05, 4.69) is 43.2 Å². The van der Waals surface area contributed by atoms with Crippen molar-refractivity contribution in [2.24, 2.45) is 5.92 Å². The van der Waals surface area contributed by atoms with Crippen LogP contribution in [0.1, 0.15) is 53.6 Å². The molecule has 1 saturated carbocycles. The quantitative estimate of drug-likeness (QED) is 0.896. The summed E-state index contributed by atoms with van der Waals surface area (Å²) < 4.78 is 5.89. The summed E-state index contributed by atoms with van der Waals surface area (Å²) in [5.74, 6) is 3.63. The van der Waals surface area contributed by atoms with Gasteiger partial charge in [-0.3, -0.25) is 0 Å². The van der Waals surface area contributed by atoms with Crippen LogP contribution in [0.4, 0.5) is 0 Å². The molecule has 102 valence electrons. The highest BCUT2D eigenvalue weighted by molar-refractivity contribution is 7.11. The van der Waals surface area contributed by atoms with E-state index in [0.717, 1.165) is 29.0 Å². The smallest absolute Gasteiger partial charge is 0.117 e. The second-order valence-corrected chi connectivity index (χ2v) is 6.80. The van der Waals surface area contributed by atoms with Gasteiger partial charge >= 0.3 is 0 Å². The number of nitrogens with zero attached hydrogens (tertiary/aromatic N) is 1.